The fraction of sp³-hybridized carbons (Fsp3) is 0.389. The van der Waals surface area contributed by atoms with Gasteiger partial charge >= 0.3 is 0 Å². The normalized spacial score (nSPS) is 19.0. The summed E-state index contributed by atoms with van der Waals surface area (Å²) in [5.74, 6) is 0.663. The van der Waals surface area contributed by atoms with Crippen molar-refractivity contribution in [2.75, 3.05) is 13.1 Å². The summed E-state index contributed by atoms with van der Waals surface area (Å²) in [5.41, 5.74) is 7.06. The van der Waals surface area contributed by atoms with Gasteiger partial charge in [0.1, 0.15) is 0 Å². The summed E-state index contributed by atoms with van der Waals surface area (Å²) in [5, 5.41) is 2.37. The van der Waals surface area contributed by atoms with Crippen molar-refractivity contribution in [3.8, 4) is 0 Å². The van der Waals surface area contributed by atoms with Gasteiger partial charge in [-0.1, -0.05) is 42.5 Å². The molecule has 0 spiro atoms. The van der Waals surface area contributed by atoms with Gasteiger partial charge in [-0.25, -0.2) is 0 Å². The molecule has 2 unspecified atom stereocenters. The largest absolute Gasteiger partial charge is 0.342 e. The Kier molecular flexibility index (Phi) is 5.43. The lowest BCUT2D eigenvalue weighted by molar-refractivity contribution is -0.129. The Morgan fingerprint density at radius 1 is 1.27 bits per heavy atom. The number of benzene rings is 2. The van der Waals surface area contributed by atoms with E-state index in [1.54, 1.807) is 0 Å². The van der Waals surface area contributed by atoms with Crippen LogP contribution in [0.4, 0.5) is 0 Å². The topological polar surface area (TPSA) is 46.3 Å². The number of rotatable bonds is 3. The molecule has 4 heteroatoms. The molecule has 0 bridgehead atoms. The number of carbonyl (C=O) groups is 1. The lowest BCUT2D eigenvalue weighted by Gasteiger charge is -2.18. The maximum atomic E-state index is 12.5. The quantitative estimate of drug-likeness (QED) is 0.945. The van der Waals surface area contributed by atoms with E-state index < -0.39 is 0 Å². The molecule has 0 radical (unpaired) electrons. The molecule has 1 fully saturated rings. The lowest BCUT2D eigenvalue weighted by atomic mass is 10.0. The van der Waals surface area contributed by atoms with E-state index in [1.807, 2.05) is 30.0 Å². The minimum absolute atomic E-state index is 0. The van der Waals surface area contributed by atoms with Crippen LogP contribution in [0.15, 0.2) is 42.5 Å². The second-order valence-corrected chi connectivity index (χ2v) is 6.06. The Balaban J connectivity index is 0.00000176. The molecule has 3 rings (SSSR count). The maximum Gasteiger partial charge on any atom is 0.227 e. The van der Waals surface area contributed by atoms with E-state index in [9.17, 15) is 4.79 Å². The molecule has 2 N–H and O–H groups in total. The van der Waals surface area contributed by atoms with Crippen molar-refractivity contribution in [1.29, 1.82) is 0 Å². The molecule has 1 heterocycles. The van der Waals surface area contributed by atoms with Gasteiger partial charge in [0.2, 0.25) is 5.91 Å². The third-order valence-corrected chi connectivity index (χ3v) is 4.54. The van der Waals surface area contributed by atoms with Crippen molar-refractivity contribution >= 4 is 29.1 Å². The molecule has 1 aliphatic rings. The van der Waals surface area contributed by atoms with Crippen LogP contribution >= 0.6 is 12.4 Å². The highest BCUT2D eigenvalue weighted by atomic mass is 35.5. The predicted octanol–water partition coefficient (Wildman–Crippen LogP) is 3.00. The molecule has 2 atom stereocenters. The molecule has 118 valence electrons. The first kappa shape index (κ1) is 16.8. The van der Waals surface area contributed by atoms with E-state index in [-0.39, 0.29) is 24.4 Å². The van der Waals surface area contributed by atoms with Crippen molar-refractivity contribution in [2.45, 2.75) is 25.8 Å². The summed E-state index contributed by atoms with van der Waals surface area (Å²) < 4.78 is 0. The van der Waals surface area contributed by atoms with E-state index in [0.717, 1.165) is 25.1 Å². The zero-order chi connectivity index (χ0) is 14.8. The Bertz CT molecular complexity index is 651. The van der Waals surface area contributed by atoms with Gasteiger partial charge in [0.25, 0.3) is 0 Å². The summed E-state index contributed by atoms with van der Waals surface area (Å²) in [6, 6.07) is 14.6. The predicted molar refractivity (Wildman–Crippen MR) is 93.2 cm³/mol. The molecule has 2 aromatic rings. The van der Waals surface area contributed by atoms with E-state index in [2.05, 4.69) is 24.3 Å². The number of hydrogen-bond acceptors (Lipinski definition) is 2. The van der Waals surface area contributed by atoms with Crippen LogP contribution in [0.1, 0.15) is 18.9 Å². The fourth-order valence-corrected chi connectivity index (χ4v) is 3.16. The van der Waals surface area contributed by atoms with Gasteiger partial charge in [-0.05, 0) is 35.6 Å². The van der Waals surface area contributed by atoms with E-state index in [4.69, 9.17) is 5.73 Å². The second kappa shape index (κ2) is 7.12. The average Bonchev–Trinajstić information content (AvgIpc) is 2.98. The van der Waals surface area contributed by atoms with Gasteiger partial charge in [0.05, 0.1) is 6.42 Å². The number of nitrogens with zero attached hydrogens (tertiary/aromatic N) is 1. The third-order valence-electron chi connectivity index (χ3n) is 4.54. The summed E-state index contributed by atoms with van der Waals surface area (Å²) in [6.45, 7) is 3.68. The smallest absolute Gasteiger partial charge is 0.227 e. The summed E-state index contributed by atoms with van der Waals surface area (Å²) >= 11 is 0. The number of halogens is 1. The van der Waals surface area contributed by atoms with Gasteiger partial charge in [0.15, 0.2) is 0 Å². The van der Waals surface area contributed by atoms with Crippen molar-refractivity contribution in [3.05, 3.63) is 48.0 Å². The summed E-state index contributed by atoms with van der Waals surface area (Å²) in [7, 11) is 0. The van der Waals surface area contributed by atoms with Crippen LogP contribution in [0.25, 0.3) is 10.8 Å². The first-order valence-corrected chi connectivity index (χ1v) is 7.65. The summed E-state index contributed by atoms with van der Waals surface area (Å²) in [4.78, 5) is 14.5. The van der Waals surface area contributed by atoms with Crippen LogP contribution in [0.5, 0.6) is 0 Å². The zero-order valence-corrected chi connectivity index (χ0v) is 13.7. The Hall–Kier alpha value is -1.58. The highest BCUT2D eigenvalue weighted by Gasteiger charge is 2.28. The molecular formula is C18H23ClN2O. The molecule has 0 aromatic heterocycles. The Morgan fingerprint density at radius 2 is 2.00 bits per heavy atom. The second-order valence-electron chi connectivity index (χ2n) is 6.06. The number of fused-ring (bicyclic) bond motifs is 1. The van der Waals surface area contributed by atoms with Gasteiger partial charge in [-0.15, -0.1) is 12.4 Å². The van der Waals surface area contributed by atoms with Gasteiger partial charge in [-0.2, -0.15) is 0 Å². The monoisotopic (exact) mass is 318 g/mol. The van der Waals surface area contributed by atoms with E-state index >= 15 is 0 Å². The van der Waals surface area contributed by atoms with E-state index in [0.29, 0.717) is 12.3 Å². The molecule has 2 aromatic carbocycles. The summed E-state index contributed by atoms with van der Waals surface area (Å²) in [6.07, 6.45) is 1.51. The highest BCUT2D eigenvalue weighted by Crippen LogP contribution is 2.22. The van der Waals surface area contributed by atoms with Crippen LogP contribution in [0, 0.1) is 5.92 Å². The van der Waals surface area contributed by atoms with Gasteiger partial charge in [0, 0.05) is 19.1 Å². The van der Waals surface area contributed by atoms with Gasteiger partial charge < -0.3 is 10.6 Å². The first-order valence-electron chi connectivity index (χ1n) is 7.65. The van der Waals surface area contributed by atoms with E-state index in [1.165, 1.54) is 10.8 Å². The Labute approximate surface area is 137 Å². The van der Waals surface area contributed by atoms with Crippen LogP contribution < -0.4 is 5.73 Å². The number of nitrogens with two attached hydrogens (primary N) is 1. The van der Waals surface area contributed by atoms with Gasteiger partial charge in [-0.3, -0.25) is 4.79 Å². The lowest BCUT2D eigenvalue weighted by Crippen LogP contribution is -2.33. The van der Waals surface area contributed by atoms with Crippen LogP contribution in [-0.4, -0.2) is 29.9 Å². The average molecular weight is 319 g/mol. The van der Waals surface area contributed by atoms with Crippen molar-refractivity contribution in [1.82, 2.24) is 4.90 Å². The number of likely N-dealkylation sites (tertiary alicyclic amines) is 1. The molecule has 1 amide bonds. The molecule has 22 heavy (non-hydrogen) atoms. The van der Waals surface area contributed by atoms with Crippen LogP contribution in [-0.2, 0) is 11.2 Å². The highest BCUT2D eigenvalue weighted by molar-refractivity contribution is 5.90. The molecule has 1 aliphatic heterocycles. The molecule has 0 aliphatic carbocycles. The van der Waals surface area contributed by atoms with Crippen molar-refractivity contribution < 1.29 is 4.79 Å². The standard InChI is InChI=1S/C18H22N2O.ClH/c1-13(19)16-9-10-20(12-16)18(21)11-15-7-4-6-14-5-2-3-8-17(14)15;/h2-8,13,16H,9-12,19H2,1H3;1H. The maximum absolute atomic E-state index is 12.5. The molecular weight excluding hydrogens is 296 g/mol. The number of carbonyl (C=O) groups excluding carboxylic acids is 1. The molecule has 3 nitrogen and oxygen atoms in total. The van der Waals surface area contributed by atoms with Crippen molar-refractivity contribution in [2.24, 2.45) is 11.7 Å². The first-order chi connectivity index (χ1) is 10.1. The minimum Gasteiger partial charge on any atom is -0.342 e. The number of hydrogen-bond donors (Lipinski definition) is 1. The van der Waals surface area contributed by atoms with Crippen molar-refractivity contribution in [3.63, 3.8) is 0 Å². The molecule has 0 saturated carbocycles. The van der Waals surface area contributed by atoms with Crippen LogP contribution in [0.3, 0.4) is 0 Å². The Morgan fingerprint density at radius 3 is 2.73 bits per heavy atom. The number of amides is 1. The fourth-order valence-electron chi connectivity index (χ4n) is 3.16. The zero-order valence-electron chi connectivity index (χ0n) is 12.9. The third kappa shape index (κ3) is 3.42. The minimum atomic E-state index is 0. The van der Waals surface area contributed by atoms with Crippen LogP contribution in [0.2, 0.25) is 0 Å². The molecule has 1 saturated heterocycles. The SMILES string of the molecule is CC(N)C1CCN(C(=O)Cc2cccc3ccccc23)C1.Cl.